The van der Waals surface area contributed by atoms with E-state index in [4.69, 9.17) is 0 Å². The van der Waals surface area contributed by atoms with Crippen LogP contribution in [0.15, 0.2) is 11.8 Å². The van der Waals surface area contributed by atoms with Gasteiger partial charge in [0.15, 0.2) is 0 Å². The standard InChI is InChI=1S/C9H12F3NO4/c1-3-16-7(14)5-6(9(10,11)12)13-8(15)17-4-2/h5H,3-4H2,1-2H3,(H,13,15)/b6-5-. The minimum atomic E-state index is -4.88. The molecule has 0 aliphatic rings. The third kappa shape index (κ3) is 6.44. The smallest absolute Gasteiger partial charge is 0.431 e. The van der Waals surface area contributed by atoms with Gasteiger partial charge >= 0.3 is 18.2 Å². The number of amides is 1. The first-order valence-electron chi connectivity index (χ1n) is 4.70. The van der Waals surface area contributed by atoms with Crippen molar-refractivity contribution in [3.05, 3.63) is 11.8 Å². The zero-order valence-electron chi connectivity index (χ0n) is 9.26. The maximum atomic E-state index is 12.4. The number of alkyl carbamates (subject to hydrolysis) is 1. The fourth-order valence-corrected chi connectivity index (χ4v) is 0.768. The molecule has 0 atom stereocenters. The number of allylic oxidation sites excluding steroid dienone is 1. The average Bonchev–Trinajstić information content (AvgIpc) is 2.16. The summed E-state index contributed by atoms with van der Waals surface area (Å²) in [7, 11) is 0. The summed E-state index contributed by atoms with van der Waals surface area (Å²) in [6.45, 7) is 2.72. The largest absolute Gasteiger partial charge is 0.463 e. The Morgan fingerprint density at radius 1 is 1.18 bits per heavy atom. The van der Waals surface area contributed by atoms with Gasteiger partial charge in [-0.05, 0) is 13.8 Å². The van der Waals surface area contributed by atoms with Crippen LogP contribution in [-0.2, 0) is 14.3 Å². The summed E-state index contributed by atoms with van der Waals surface area (Å²) in [5, 5.41) is 1.42. The molecule has 0 fully saturated rings. The SMILES string of the molecule is CCOC(=O)/C=C(\NC(=O)OCC)C(F)(F)F. The zero-order valence-corrected chi connectivity index (χ0v) is 9.26. The number of esters is 1. The first-order valence-corrected chi connectivity index (χ1v) is 4.70. The molecule has 1 N–H and O–H groups in total. The van der Waals surface area contributed by atoms with Crippen LogP contribution < -0.4 is 5.32 Å². The normalized spacial score (nSPS) is 11.9. The third-order valence-electron chi connectivity index (χ3n) is 1.37. The Hall–Kier alpha value is -1.73. The van der Waals surface area contributed by atoms with Crippen molar-refractivity contribution >= 4 is 12.1 Å². The molecule has 0 rings (SSSR count). The fourth-order valence-electron chi connectivity index (χ4n) is 0.768. The number of ether oxygens (including phenoxy) is 2. The molecule has 0 spiro atoms. The molecule has 0 aromatic carbocycles. The van der Waals surface area contributed by atoms with E-state index in [2.05, 4.69) is 9.47 Å². The zero-order chi connectivity index (χ0) is 13.5. The molecular weight excluding hydrogens is 243 g/mol. The van der Waals surface area contributed by atoms with E-state index < -0.39 is 23.9 Å². The highest BCUT2D eigenvalue weighted by atomic mass is 19.4. The minimum Gasteiger partial charge on any atom is -0.463 e. The van der Waals surface area contributed by atoms with E-state index in [0.29, 0.717) is 0 Å². The number of rotatable bonds is 4. The third-order valence-corrected chi connectivity index (χ3v) is 1.37. The number of hydrogen-bond acceptors (Lipinski definition) is 4. The molecule has 1 amide bonds. The van der Waals surface area contributed by atoms with Crippen LogP contribution in [0.2, 0.25) is 0 Å². The topological polar surface area (TPSA) is 64.6 Å². The monoisotopic (exact) mass is 255 g/mol. The van der Waals surface area contributed by atoms with Crippen molar-refractivity contribution < 1.29 is 32.2 Å². The maximum Gasteiger partial charge on any atom is 0.431 e. The number of carbonyl (C=O) groups excluding carboxylic acids is 2. The Morgan fingerprint density at radius 3 is 2.12 bits per heavy atom. The number of nitrogens with one attached hydrogen (secondary N) is 1. The van der Waals surface area contributed by atoms with Crippen molar-refractivity contribution in [1.29, 1.82) is 0 Å². The molecule has 0 aromatic heterocycles. The summed E-state index contributed by atoms with van der Waals surface area (Å²) < 4.78 is 45.7. The highest BCUT2D eigenvalue weighted by Gasteiger charge is 2.36. The predicted octanol–water partition coefficient (Wildman–Crippen LogP) is 1.74. The van der Waals surface area contributed by atoms with Crippen LogP contribution in [0.1, 0.15) is 13.8 Å². The molecule has 0 aliphatic heterocycles. The van der Waals surface area contributed by atoms with Gasteiger partial charge in [0.25, 0.3) is 0 Å². The second kappa shape index (κ2) is 6.77. The molecular formula is C9H12F3NO4. The molecule has 0 radical (unpaired) electrons. The van der Waals surface area contributed by atoms with Gasteiger partial charge in [-0.2, -0.15) is 13.2 Å². The van der Waals surface area contributed by atoms with E-state index in [-0.39, 0.29) is 19.3 Å². The molecule has 0 aliphatic carbocycles. The van der Waals surface area contributed by atoms with Crippen molar-refractivity contribution in [2.45, 2.75) is 20.0 Å². The van der Waals surface area contributed by atoms with Gasteiger partial charge in [-0.1, -0.05) is 0 Å². The highest BCUT2D eigenvalue weighted by molar-refractivity contribution is 5.84. The minimum absolute atomic E-state index is 0.0696. The van der Waals surface area contributed by atoms with Gasteiger partial charge < -0.3 is 9.47 Å². The Balaban J connectivity index is 4.78. The molecule has 8 heteroatoms. The number of hydrogen-bond donors (Lipinski definition) is 1. The molecule has 0 aromatic rings. The summed E-state index contributed by atoms with van der Waals surface area (Å²) in [4.78, 5) is 21.7. The summed E-state index contributed by atoms with van der Waals surface area (Å²) in [6.07, 6.45) is -6.01. The van der Waals surface area contributed by atoms with Gasteiger partial charge in [0.2, 0.25) is 0 Å². The molecule has 0 saturated heterocycles. The van der Waals surface area contributed by atoms with Gasteiger partial charge in [0.05, 0.1) is 19.3 Å². The molecule has 0 heterocycles. The quantitative estimate of drug-likeness (QED) is 0.614. The van der Waals surface area contributed by atoms with Gasteiger partial charge in [0.1, 0.15) is 5.70 Å². The maximum absolute atomic E-state index is 12.4. The lowest BCUT2D eigenvalue weighted by molar-refractivity contribution is -0.138. The predicted molar refractivity (Wildman–Crippen MR) is 50.9 cm³/mol. The van der Waals surface area contributed by atoms with Crippen LogP contribution >= 0.6 is 0 Å². The lowest BCUT2D eigenvalue weighted by atomic mass is 10.4. The van der Waals surface area contributed by atoms with Crippen molar-refractivity contribution in [1.82, 2.24) is 5.32 Å². The summed E-state index contributed by atoms with van der Waals surface area (Å²) in [5.41, 5.74) is -1.53. The lowest BCUT2D eigenvalue weighted by Gasteiger charge is -2.12. The van der Waals surface area contributed by atoms with Crippen LogP contribution in [0.5, 0.6) is 0 Å². The number of halogens is 3. The second-order valence-electron chi connectivity index (χ2n) is 2.65. The van der Waals surface area contributed by atoms with Crippen LogP contribution in [0, 0.1) is 0 Å². The van der Waals surface area contributed by atoms with E-state index in [1.807, 2.05) is 0 Å². The molecule has 98 valence electrons. The van der Waals surface area contributed by atoms with E-state index >= 15 is 0 Å². The Labute approximate surface area is 95.6 Å². The van der Waals surface area contributed by atoms with E-state index in [0.717, 1.165) is 0 Å². The average molecular weight is 255 g/mol. The summed E-state index contributed by atoms with van der Waals surface area (Å²) in [6, 6.07) is 0. The first kappa shape index (κ1) is 15.3. The molecule has 0 unspecified atom stereocenters. The van der Waals surface area contributed by atoms with Crippen molar-refractivity contribution in [3.63, 3.8) is 0 Å². The summed E-state index contributed by atoms with van der Waals surface area (Å²) >= 11 is 0. The lowest BCUT2D eigenvalue weighted by Crippen LogP contribution is -2.32. The van der Waals surface area contributed by atoms with E-state index in [1.165, 1.54) is 19.2 Å². The number of carbonyl (C=O) groups is 2. The first-order chi connectivity index (χ1) is 7.81. The van der Waals surface area contributed by atoms with Gasteiger partial charge in [-0.3, -0.25) is 5.32 Å². The van der Waals surface area contributed by atoms with Crippen molar-refractivity contribution in [2.24, 2.45) is 0 Å². The highest BCUT2D eigenvalue weighted by Crippen LogP contribution is 2.23. The van der Waals surface area contributed by atoms with Crippen molar-refractivity contribution in [2.75, 3.05) is 13.2 Å². The van der Waals surface area contributed by atoms with E-state index in [1.54, 1.807) is 0 Å². The molecule has 0 saturated carbocycles. The number of alkyl halides is 3. The van der Waals surface area contributed by atoms with Gasteiger partial charge in [0, 0.05) is 0 Å². The Morgan fingerprint density at radius 2 is 1.71 bits per heavy atom. The Bertz CT molecular complexity index is 312. The van der Waals surface area contributed by atoms with Crippen LogP contribution in [-0.4, -0.2) is 31.5 Å². The van der Waals surface area contributed by atoms with Crippen LogP contribution in [0.25, 0.3) is 0 Å². The van der Waals surface area contributed by atoms with Crippen LogP contribution in [0.4, 0.5) is 18.0 Å². The van der Waals surface area contributed by atoms with Gasteiger partial charge in [-0.15, -0.1) is 0 Å². The fraction of sp³-hybridized carbons (Fsp3) is 0.556. The summed E-state index contributed by atoms with van der Waals surface area (Å²) in [5.74, 6) is -1.20. The van der Waals surface area contributed by atoms with E-state index in [9.17, 15) is 22.8 Å². The molecule has 5 nitrogen and oxygen atoms in total. The van der Waals surface area contributed by atoms with Gasteiger partial charge in [-0.25, -0.2) is 9.59 Å². The van der Waals surface area contributed by atoms with Crippen LogP contribution in [0.3, 0.4) is 0 Å². The molecule has 17 heavy (non-hydrogen) atoms. The molecule has 0 bridgehead atoms. The second-order valence-corrected chi connectivity index (χ2v) is 2.65. The van der Waals surface area contributed by atoms with Crippen molar-refractivity contribution in [3.8, 4) is 0 Å². The Kier molecular flexibility index (Phi) is 6.08.